The molecule has 0 aromatic heterocycles. The molecule has 4 nitrogen and oxygen atoms in total. The van der Waals surface area contributed by atoms with Gasteiger partial charge < -0.3 is 10.1 Å². The Kier molecular flexibility index (Phi) is 6.43. The predicted molar refractivity (Wildman–Crippen MR) is 87.2 cm³/mol. The van der Waals surface area contributed by atoms with Crippen LogP contribution in [0.15, 0.2) is 46.9 Å². The summed E-state index contributed by atoms with van der Waals surface area (Å²) in [6.07, 6.45) is -0.0530. The van der Waals surface area contributed by atoms with E-state index in [4.69, 9.17) is 4.74 Å². The first kappa shape index (κ1) is 18.1. The number of hydrogen-bond acceptors (Lipinski definition) is 3. The Labute approximate surface area is 145 Å². The van der Waals surface area contributed by atoms with Gasteiger partial charge in [-0.15, -0.1) is 0 Å². The van der Waals surface area contributed by atoms with Crippen molar-refractivity contribution in [2.75, 3.05) is 6.54 Å². The minimum atomic E-state index is -0.954. The van der Waals surface area contributed by atoms with Crippen molar-refractivity contribution >= 4 is 27.8 Å². The molecule has 0 saturated carbocycles. The highest BCUT2D eigenvalue weighted by molar-refractivity contribution is 9.10. The maximum absolute atomic E-state index is 13.4. The van der Waals surface area contributed by atoms with E-state index in [2.05, 4.69) is 21.2 Å². The van der Waals surface area contributed by atoms with Gasteiger partial charge >= 0.3 is 5.97 Å². The lowest BCUT2D eigenvalue weighted by Gasteiger charge is -2.07. The van der Waals surface area contributed by atoms with E-state index in [0.717, 1.165) is 22.2 Å². The number of hydrogen-bond donors (Lipinski definition) is 1. The number of halogens is 3. The van der Waals surface area contributed by atoms with Gasteiger partial charge in [0.2, 0.25) is 0 Å². The number of esters is 1. The van der Waals surface area contributed by atoms with Crippen molar-refractivity contribution in [2.24, 2.45) is 0 Å². The number of nitrogens with one attached hydrogen (secondary N) is 1. The van der Waals surface area contributed by atoms with E-state index in [1.807, 2.05) is 24.3 Å². The van der Waals surface area contributed by atoms with Crippen molar-refractivity contribution in [2.45, 2.75) is 13.0 Å². The zero-order valence-electron chi connectivity index (χ0n) is 12.5. The van der Waals surface area contributed by atoms with Crippen LogP contribution in [0, 0.1) is 11.6 Å². The molecule has 0 aliphatic carbocycles. The maximum Gasteiger partial charge on any atom is 0.307 e. The topological polar surface area (TPSA) is 55.4 Å². The molecule has 2 aromatic rings. The van der Waals surface area contributed by atoms with Crippen LogP contribution in [-0.4, -0.2) is 18.4 Å². The number of benzene rings is 2. The molecule has 2 rings (SSSR count). The zero-order valence-corrected chi connectivity index (χ0v) is 14.1. The monoisotopic (exact) mass is 397 g/mol. The smallest absolute Gasteiger partial charge is 0.307 e. The molecular weight excluding hydrogens is 384 g/mol. The number of carbonyl (C=O) groups excluding carboxylic acids is 2. The van der Waals surface area contributed by atoms with Gasteiger partial charge in [-0.05, 0) is 29.8 Å². The summed E-state index contributed by atoms with van der Waals surface area (Å²) in [5.41, 5.74) is 0.550. The quantitative estimate of drug-likeness (QED) is 0.757. The zero-order chi connectivity index (χ0) is 17.5. The lowest BCUT2D eigenvalue weighted by Crippen LogP contribution is -2.27. The minimum Gasteiger partial charge on any atom is -0.461 e. The first-order valence-electron chi connectivity index (χ1n) is 7.09. The fourth-order valence-corrected chi connectivity index (χ4v) is 2.36. The number of carbonyl (C=O) groups is 2. The maximum atomic E-state index is 13.4. The molecule has 0 unspecified atom stereocenters. The molecule has 1 N–H and O–H groups in total. The normalized spacial score (nSPS) is 10.3. The highest BCUT2D eigenvalue weighted by Crippen LogP contribution is 2.12. The molecule has 0 aliphatic heterocycles. The Morgan fingerprint density at radius 3 is 2.62 bits per heavy atom. The highest BCUT2D eigenvalue weighted by atomic mass is 79.9. The molecule has 2 aromatic carbocycles. The Hall–Kier alpha value is -2.28. The van der Waals surface area contributed by atoms with Gasteiger partial charge in [-0.25, -0.2) is 8.78 Å². The third-order valence-corrected chi connectivity index (χ3v) is 3.57. The first-order valence-corrected chi connectivity index (χ1v) is 7.88. The number of amides is 1. The summed E-state index contributed by atoms with van der Waals surface area (Å²) >= 11 is 3.32. The molecule has 0 atom stereocenters. The van der Waals surface area contributed by atoms with Crippen LogP contribution in [0.5, 0.6) is 0 Å². The molecular formula is C17H14BrF2NO3. The summed E-state index contributed by atoms with van der Waals surface area (Å²) in [4.78, 5) is 23.4. The Bertz CT molecular complexity index is 752. The van der Waals surface area contributed by atoms with Crippen molar-refractivity contribution in [3.8, 4) is 0 Å². The third-order valence-electron chi connectivity index (χ3n) is 3.08. The molecule has 0 spiro atoms. The third kappa shape index (κ3) is 5.42. The molecule has 7 heteroatoms. The molecule has 1 amide bonds. The number of rotatable bonds is 6. The van der Waals surface area contributed by atoms with Crippen molar-refractivity contribution in [3.05, 3.63) is 69.7 Å². The fourth-order valence-electron chi connectivity index (χ4n) is 1.91. The van der Waals surface area contributed by atoms with Crippen molar-refractivity contribution in [3.63, 3.8) is 0 Å². The summed E-state index contributed by atoms with van der Waals surface area (Å²) in [6, 6.07) is 9.99. The van der Waals surface area contributed by atoms with Crippen molar-refractivity contribution in [1.29, 1.82) is 0 Å². The van der Waals surface area contributed by atoms with E-state index in [1.165, 1.54) is 0 Å². The summed E-state index contributed by atoms with van der Waals surface area (Å²) in [7, 11) is 0. The lowest BCUT2D eigenvalue weighted by molar-refractivity contribution is -0.144. The van der Waals surface area contributed by atoms with E-state index in [0.29, 0.717) is 6.07 Å². The molecule has 0 bridgehead atoms. The van der Waals surface area contributed by atoms with Crippen LogP contribution in [0.2, 0.25) is 0 Å². The lowest BCUT2D eigenvalue weighted by atomic mass is 10.2. The van der Waals surface area contributed by atoms with Gasteiger partial charge in [0.05, 0.1) is 12.0 Å². The van der Waals surface area contributed by atoms with E-state index >= 15 is 0 Å². The van der Waals surface area contributed by atoms with E-state index in [-0.39, 0.29) is 25.1 Å². The standard InChI is InChI=1S/C17H14BrF2NO3/c18-12-3-1-2-11(8-12)10-24-16(22)6-7-21-17(23)14-5-4-13(19)9-15(14)20/h1-5,8-9H,6-7,10H2,(H,21,23). The molecule has 0 aliphatic rings. The van der Waals surface area contributed by atoms with E-state index in [9.17, 15) is 18.4 Å². The van der Waals surface area contributed by atoms with Gasteiger partial charge in [-0.1, -0.05) is 28.1 Å². The summed E-state index contributed by atoms with van der Waals surface area (Å²) in [6.45, 7) is 0.117. The molecule has 24 heavy (non-hydrogen) atoms. The summed E-state index contributed by atoms with van der Waals surface area (Å²) in [5, 5.41) is 2.39. The second kappa shape index (κ2) is 8.54. The number of ether oxygens (including phenoxy) is 1. The summed E-state index contributed by atoms with van der Waals surface area (Å²) < 4.78 is 32.2. The van der Waals surface area contributed by atoms with Gasteiger partial charge in [0, 0.05) is 17.1 Å². The highest BCUT2D eigenvalue weighted by Gasteiger charge is 2.12. The van der Waals surface area contributed by atoms with E-state index < -0.39 is 23.5 Å². The fraction of sp³-hybridized carbons (Fsp3) is 0.176. The molecule has 0 saturated heterocycles. The summed E-state index contributed by atoms with van der Waals surface area (Å²) in [5.74, 6) is -2.92. The molecule has 0 fully saturated rings. The SMILES string of the molecule is O=C(CCNC(=O)c1ccc(F)cc1F)OCc1cccc(Br)c1. The average molecular weight is 398 g/mol. The van der Waals surface area contributed by atoms with Gasteiger partial charge in [0.15, 0.2) is 0 Å². The molecule has 0 radical (unpaired) electrons. The largest absolute Gasteiger partial charge is 0.461 e. The minimum absolute atomic E-state index is 0.00698. The Morgan fingerprint density at radius 1 is 1.12 bits per heavy atom. The molecule has 126 valence electrons. The van der Waals surface area contributed by atoms with Crippen LogP contribution in [0.4, 0.5) is 8.78 Å². The Morgan fingerprint density at radius 2 is 1.92 bits per heavy atom. The predicted octanol–water partition coefficient (Wildman–Crippen LogP) is 3.59. The van der Waals surface area contributed by atoms with Crippen LogP contribution < -0.4 is 5.32 Å². The van der Waals surface area contributed by atoms with Gasteiger partial charge in [-0.2, -0.15) is 0 Å². The van der Waals surface area contributed by atoms with Crippen LogP contribution in [0.1, 0.15) is 22.3 Å². The van der Waals surface area contributed by atoms with Crippen LogP contribution in [0.25, 0.3) is 0 Å². The van der Waals surface area contributed by atoms with Crippen LogP contribution in [0.3, 0.4) is 0 Å². The second-order valence-electron chi connectivity index (χ2n) is 4.92. The van der Waals surface area contributed by atoms with Crippen molar-refractivity contribution in [1.82, 2.24) is 5.32 Å². The van der Waals surface area contributed by atoms with E-state index in [1.54, 1.807) is 0 Å². The van der Waals surface area contributed by atoms with Gasteiger partial charge in [0.25, 0.3) is 5.91 Å². The molecule has 0 heterocycles. The van der Waals surface area contributed by atoms with Gasteiger partial charge in [0.1, 0.15) is 18.2 Å². The van der Waals surface area contributed by atoms with Crippen LogP contribution >= 0.6 is 15.9 Å². The van der Waals surface area contributed by atoms with Crippen LogP contribution in [-0.2, 0) is 16.1 Å². The van der Waals surface area contributed by atoms with Crippen molar-refractivity contribution < 1.29 is 23.1 Å². The Balaban J connectivity index is 1.75. The second-order valence-corrected chi connectivity index (χ2v) is 5.84. The first-order chi connectivity index (χ1) is 11.5. The average Bonchev–Trinajstić information content (AvgIpc) is 2.53. The van der Waals surface area contributed by atoms with Gasteiger partial charge in [-0.3, -0.25) is 9.59 Å².